The summed E-state index contributed by atoms with van der Waals surface area (Å²) in [7, 11) is 0. The Balaban J connectivity index is 1.52. The summed E-state index contributed by atoms with van der Waals surface area (Å²) in [4.78, 5) is 14.5. The van der Waals surface area contributed by atoms with Gasteiger partial charge in [-0.15, -0.1) is 0 Å². The maximum atomic E-state index is 12.3. The summed E-state index contributed by atoms with van der Waals surface area (Å²) in [6, 6.07) is 0.608. The Bertz CT molecular complexity index is 278. The van der Waals surface area contributed by atoms with Crippen LogP contribution in [0.5, 0.6) is 0 Å². The molecular weight excluding hydrogens is 212 g/mol. The van der Waals surface area contributed by atoms with E-state index in [2.05, 4.69) is 10.2 Å². The lowest BCUT2D eigenvalue weighted by atomic mass is 9.97. The van der Waals surface area contributed by atoms with Crippen molar-refractivity contribution in [1.82, 2.24) is 10.2 Å². The Kier molecular flexibility index (Phi) is 3.37. The van der Waals surface area contributed by atoms with Crippen LogP contribution in [0, 0.1) is 11.8 Å². The van der Waals surface area contributed by atoms with Gasteiger partial charge in [-0.05, 0) is 63.5 Å². The molecule has 3 aliphatic rings. The van der Waals surface area contributed by atoms with Crippen LogP contribution in [-0.4, -0.2) is 36.5 Å². The van der Waals surface area contributed by atoms with E-state index in [-0.39, 0.29) is 0 Å². The predicted molar refractivity (Wildman–Crippen MR) is 67.7 cm³/mol. The van der Waals surface area contributed by atoms with Gasteiger partial charge in [0.05, 0.1) is 0 Å². The van der Waals surface area contributed by atoms with Crippen molar-refractivity contribution in [2.45, 2.75) is 51.0 Å². The van der Waals surface area contributed by atoms with Crippen LogP contribution in [0.2, 0.25) is 0 Å². The van der Waals surface area contributed by atoms with Gasteiger partial charge in [0, 0.05) is 19.0 Å². The predicted octanol–water partition coefficient (Wildman–Crippen LogP) is 1.78. The minimum Gasteiger partial charge on any atom is -0.339 e. The van der Waals surface area contributed by atoms with Crippen LogP contribution in [0.1, 0.15) is 44.9 Å². The number of hydrogen-bond acceptors (Lipinski definition) is 2. The van der Waals surface area contributed by atoms with Gasteiger partial charge in [0.2, 0.25) is 5.91 Å². The molecular formula is C14H24N2O. The number of hydrogen-bond donors (Lipinski definition) is 1. The fraction of sp³-hybridized carbons (Fsp3) is 0.929. The fourth-order valence-electron chi connectivity index (χ4n) is 2.87. The lowest BCUT2D eigenvalue weighted by Gasteiger charge is -2.30. The molecule has 3 rings (SSSR count). The second kappa shape index (κ2) is 4.97. The summed E-state index contributed by atoms with van der Waals surface area (Å²) >= 11 is 0. The van der Waals surface area contributed by atoms with E-state index < -0.39 is 0 Å². The molecule has 0 aromatic carbocycles. The van der Waals surface area contributed by atoms with Crippen molar-refractivity contribution in [3.05, 3.63) is 0 Å². The molecule has 1 saturated heterocycles. The summed E-state index contributed by atoms with van der Waals surface area (Å²) < 4.78 is 0. The van der Waals surface area contributed by atoms with Gasteiger partial charge in [-0.2, -0.15) is 0 Å². The molecule has 3 nitrogen and oxygen atoms in total. The van der Waals surface area contributed by atoms with E-state index in [0.717, 1.165) is 37.9 Å². The van der Waals surface area contributed by atoms with Gasteiger partial charge < -0.3 is 10.2 Å². The van der Waals surface area contributed by atoms with Crippen LogP contribution >= 0.6 is 0 Å². The fourth-order valence-corrected chi connectivity index (χ4v) is 2.87. The van der Waals surface area contributed by atoms with Crippen molar-refractivity contribution in [2.75, 3.05) is 19.6 Å². The highest BCUT2D eigenvalue weighted by Gasteiger charge is 2.36. The molecule has 17 heavy (non-hydrogen) atoms. The van der Waals surface area contributed by atoms with Crippen molar-refractivity contribution < 1.29 is 4.79 Å². The lowest BCUT2D eigenvalue weighted by Crippen LogP contribution is -2.40. The molecule has 2 saturated carbocycles. The van der Waals surface area contributed by atoms with Crippen molar-refractivity contribution >= 4 is 5.91 Å². The Morgan fingerprint density at radius 1 is 1.00 bits per heavy atom. The SMILES string of the molecule is O=C(CC1CC1)N(CC1CCNCC1)C1CC1. The molecule has 0 unspecified atom stereocenters. The molecule has 3 fully saturated rings. The van der Waals surface area contributed by atoms with Crippen LogP contribution in [-0.2, 0) is 4.79 Å². The van der Waals surface area contributed by atoms with E-state index in [4.69, 9.17) is 0 Å². The smallest absolute Gasteiger partial charge is 0.223 e. The van der Waals surface area contributed by atoms with Gasteiger partial charge in [-0.25, -0.2) is 0 Å². The van der Waals surface area contributed by atoms with Crippen molar-refractivity contribution in [1.29, 1.82) is 0 Å². The highest BCUT2D eigenvalue weighted by atomic mass is 16.2. The number of amides is 1. The van der Waals surface area contributed by atoms with Crippen LogP contribution in [0.3, 0.4) is 0 Å². The van der Waals surface area contributed by atoms with E-state index in [1.165, 1.54) is 38.5 Å². The Hall–Kier alpha value is -0.570. The summed E-state index contributed by atoms with van der Waals surface area (Å²) in [5.41, 5.74) is 0. The summed E-state index contributed by atoms with van der Waals surface area (Å²) in [6.07, 6.45) is 8.42. The first-order chi connectivity index (χ1) is 8.33. The zero-order valence-electron chi connectivity index (χ0n) is 10.7. The quantitative estimate of drug-likeness (QED) is 0.789. The van der Waals surface area contributed by atoms with Crippen molar-refractivity contribution in [3.63, 3.8) is 0 Å². The largest absolute Gasteiger partial charge is 0.339 e. The number of piperidine rings is 1. The van der Waals surface area contributed by atoms with Crippen molar-refractivity contribution in [3.8, 4) is 0 Å². The summed E-state index contributed by atoms with van der Waals surface area (Å²) in [5.74, 6) is 1.94. The third-order valence-corrected chi connectivity index (χ3v) is 4.38. The maximum Gasteiger partial charge on any atom is 0.223 e. The molecule has 0 atom stereocenters. The number of nitrogens with one attached hydrogen (secondary N) is 1. The molecule has 96 valence electrons. The van der Waals surface area contributed by atoms with Crippen LogP contribution in [0.25, 0.3) is 0 Å². The monoisotopic (exact) mass is 236 g/mol. The highest BCUT2D eigenvalue weighted by molar-refractivity contribution is 5.77. The van der Waals surface area contributed by atoms with Gasteiger partial charge >= 0.3 is 0 Å². The molecule has 0 aromatic rings. The minimum absolute atomic E-state index is 0.452. The first-order valence-electron chi connectivity index (χ1n) is 7.33. The minimum atomic E-state index is 0.452. The van der Waals surface area contributed by atoms with Crippen LogP contribution in [0.15, 0.2) is 0 Å². The van der Waals surface area contributed by atoms with Crippen molar-refractivity contribution in [2.24, 2.45) is 11.8 Å². The molecule has 0 aromatic heterocycles. The molecule has 1 aliphatic heterocycles. The lowest BCUT2D eigenvalue weighted by molar-refractivity contribution is -0.133. The molecule has 2 aliphatic carbocycles. The van der Waals surface area contributed by atoms with Gasteiger partial charge in [0.1, 0.15) is 0 Å². The average molecular weight is 236 g/mol. The Morgan fingerprint density at radius 3 is 2.29 bits per heavy atom. The Morgan fingerprint density at radius 2 is 1.71 bits per heavy atom. The number of carbonyl (C=O) groups is 1. The molecule has 1 amide bonds. The van der Waals surface area contributed by atoms with E-state index in [1.54, 1.807) is 0 Å². The van der Waals surface area contributed by atoms with Crippen LogP contribution < -0.4 is 5.32 Å². The molecule has 1 heterocycles. The second-order valence-electron chi connectivity index (χ2n) is 6.12. The maximum absolute atomic E-state index is 12.3. The molecule has 0 bridgehead atoms. The number of rotatable bonds is 5. The number of nitrogens with zero attached hydrogens (tertiary/aromatic N) is 1. The average Bonchev–Trinajstić information content (AvgIpc) is 3.21. The van der Waals surface area contributed by atoms with E-state index in [1.807, 2.05) is 0 Å². The zero-order valence-corrected chi connectivity index (χ0v) is 10.7. The van der Waals surface area contributed by atoms with Gasteiger partial charge in [-0.1, -0.05) is 0 Å². The van der Waals surface area contributed by atoms with E-state index >= 15 is 0 Å². The van der Waals surface area contributed by atoms with Crippen LogP contribution in [0.4, 0.5) is 0 Å². The standard InChI is InChI=1S/C14H24N2O/c17-14(9-11-1-2-11)16(13-3-4-13)10-12-5-7-15-8-6-12/h11-13,15H,1-10H2. The third kappa shape index (κ3) is 3.21. The third-order valence-electron chi connectivity index (χ3n) is 4.38. The first kappa shape index (κ1) is 11.5. The van der Waals surface area contributed by atoms with Gasteiger partial charge in [0.25, 0.3) is 0 Å². The van der Waals surface area contributed by atoms with E-state index in [0.29, 0.717) is 11.9 Å². The number of carbonyl (C=O) groups excluding carboxylic acids is 1. The Labute approximate surface area is 104 Å². The van der Waals surface area contributed by atoms with E-state index in [9.17, 15) is 4.79 Å². The first-order valence-corrected chi connectivity index (χ1v) is 7.33. The normalized spacial score (nSPS) is 25.9. The summed E-state index contributed by atoms with van der Waals surface area (Å²) in [5, 5.41) is 3.40. The highest BCUT2D eigenvalue weighted by Crippen LogP contribution is 2.35. The molecule has 0 spiro atoms. The topological polar surface area (TPSA) is 32.3 Å². The molecule has 3 heteroatoms. The van der Waals surface area contributed by atoms with Gasteiger partial charge in [0.15, 0.2) is 0 Å². The second-order valence-corrected chi connectivity index (χ2v) is 6.12. The zero-order chi connectivity index (χ0) is 11.7. The molecule has 0 radical (unpaired) electrons. The van der Waals surface area contributed by atoms with Gasteiger partial charge in [-0.3, -0.25) is 4.79 Å². The molecule has 1 N–H and O–H groups in total. The summed E-state index contributed by atoms with van der Waals surface area (Å²) in [6.45, 7) is 3.32.